The monoisotopic (exact) mass is 345 g/mol. The molecule has 1 aromatic rings. The van der Waals surface area contributed by atoms with Gasteiger partial charge in [-0.05, 0) is 30.2 Å². The fourth-order valence-electron chi connectivity index (χ4n) is 1.56. The molecule has 0 aromatic heterocycles. The quantitative estimate of drug-likeness (QED) is 0.567. The molecule has 0 heterocycles. The Morgan fingerprint density at radius 2 is 1.83 bits per heavy atom. The molecule has 0 spiro atoms. The second kappa shape index (κ2) is 8.61. The topological polar surface area (TPSA) is 89.5 Å². The smallest absolute Gasteiger partial charge is 0.307 e. The number of hydrogen-bond donors (Lipinski definition) is 1. The van der Waals surface area contributed by atoms with E-state index in [1.54, 1.807) is 0 Å². The van der Waals surface area contributed by atoms with Crippen LogP contribution in [-0.4, -0.2) is 39.2 Å². The Morgan fingerprint density at radius 3 is 2.39 bits per heavy atom. The fourth-order valence-corrected chi connectivity index (χ4v) is 2.79. The molecule has 0 fully saturated rings. The largest absolute Gasteiger partial charge is 0.456 e. The molecule has 1 amide bonds. The summed E-state index contributed by atoms with van der Waals surface area (Å²) >= 11 is 0. The maximum Gasteiger partial charge on any atom is 0.307 e. The summed E-state index contributed by atoms with van der Waals surface area (Å²) in [6, 6.07) is 4.33. The highest BCUT2D eigenvalue weighted by molar-refractivity contribution is 7.91. The van der Waals surface area contributed by atoms with Crippen molar-refractivity contribution in [2.75, 3.05) is 18.9 Å². The average molecular weight is 345 g/mol. The lowest BCUT2D eigenvalue weighted by atomic mass is 10.2. The predicted molar refractivity (Wildman–Crippen MR) is 81.9 cm³/mol. The number of esters is 1. The fraction of sp³-hybridized carbons (Fsp3) is 0.467. The first kappa shape index (κ1) is 19.1. The number of hydrogen-bond acceptors (Lipinski definition) is 5. The van der Waals surface area contributed by atoms with Crippen LogP contribution in [0.4, 0.5) is 4.39 Å². The van der Waals surface area contributed by atoms with Gasteiger partial charge in [0.2, 0.25) is 0 Å². The third-order valence-electron chi connectivity index (χ3n) is 2.82. The van der Waals surface area contributed by atoms with E-state index in [-0.39, 0.29) is 17.2 Å². The van der Waals surface area contributed by atoms with Crippen LogP contribution in [0.3, 0.4) is 0 Å². The van der Waals surface area contributed by atoms with Gasteiger partial charge in [0.05, 0.1) is 17.1 Å². The van der Waals surface area contributed by atoms with Gasteiger partial charge >= 0.3 is 5.97 Å². The molecule has 1 N–H and O–H groups in total. The molecule has 128 valence electrons. The highest BCUT2D eigenvalue weighted by atomic mass is 32.2. The van der Waals surface area contributed by atoms with Gasteiger partial charge in [-0.15, -0.1) is 0 Å². The van der Waals surface area contributed by atoms with Gasteiger partial charge in [-0.3, -0.25) is 9.59 Å². The minimum Gasteiger partial charge on any atom is -0.456 e. The van der Waals surface area contributed by atoms with Crippen molar-refractivity contribution in [3.05, 3.63) is 30.1 Å². The van der Waals surface area contributed by atoms with E-state index in [1.165, 1.54) is 0 Å². The summed E-state index contributed by atoms with van der Waals surface area (Å²) < 4.78 is 41.4. The van der Waals surface area contributed by atoms with E-state index in [0.29, 0.717) is 6.54 Å². The maximum atomic E-state index is 12.8. The Morgan fingerprint density at radius 1 is 1.22 bits per heavy atom. The summed E-state index contributed by atoms with van der Waals surface area (Å²) in [5.41, 5.74) is 0. The van der Waals surface area contributed by atoms with Crippen LogP contribution in [0.1, 0.15) is 20.3 Å². The summed E-state index contributed by atoms with van der Waals surface area (Å²) in [6.07, 6.45) is -0.378. The van der Waals surface area contributed by atoms with Gasteiger partial charge in [-0.25, -0.2) is 12.8 Å². The first-order chi connectivity index (χ1) is 10.7. The number of carbonyl (C=O) groups excluding carboxylic acids is 2. The molecular weight excluding hydrogens is 325 g/mol. The molecule has 1 aromatic carbocycles. The van der Waals surface area contributed by atoms with Gasteiger partial charge in [0.25, 0.3) is 5.91 Å². The molecule has 23 heavy (non-hydrogen) atoms. The van der Waals surface area contributed by atoms with Crippen molar-refractivity contribution in [3.8, 4) is 0 Å². The molecule has 0 unspecified atom stereocenters. The van der Waals surface area contributed by atoms with Crippen molar-refractivity contribution >= 4 is 21.7 Å². The van der Waals surface area contributed by atoms with E-state index >= 15 is 0 Å². The second-order valence-corrected chi connectivity index (χ2v) is 7.49. The Labute approximate surface area is 134 Å². The van der Waals surface area contributed by atoms with Crippen LogP contribution in [0.5, 0.6) is 0 Å². The van der Waals surface area contributed by atoms with Gasteiger partial charge < -0.3 is 10.1 Å². The van der Waals surface area contributed by atoms with Gasteiger partial charge in [0.1, 0.15) is 5.82 Å². The Balaban J connectivity index is 2.40. The number of rotatable bonds is 8. The Bertz CT molecular complexity index is 640. The van der Waals surface area contributed by atoms with E-state index in [4.69, 9.17) is 4.74 Å². The zero-order valence-electron chi connectivity index (χ0n) is 13.0. The minimum absolute atomic E-state index is 0.0682. The molecule has 1 rings (SSSR count). The van der Waals surface area contributed by atoms with Crippen LogP contribution in [0.25, 0.3) is 0 Å². The lowest BCUT2D eigenvalue weighted by molar-refractivity contribution is -0.148. The van der Waals surface area contributed by atoms with Crippen molar-refractivity contribution in [1.82, 2.24) is 5.32 Å². The van der Waals surface area contributed by atoms with Crippen LogP contribution in [0, 0.1) is 11.7 Å². The summed E-state index contributed by atoms with van der Waals surface area (Å²) in [5, 5.41) is 2.57. The standard InChI is InChI=1S/C15H20FNO5S/c1-11(2)9-17-14(18)10-22-15(19)7-8-23(20,21)13-5-3-12(16)4-6-13/h3-6,11H,7-10H2,1-2H3,(H,17,18). The van der Waals surface area contributed by atoms with Crippen molar-refractivity contribution in [1.29, 1.82) is 0 Å². The summed E-state index contributed by atoms with van der Waals surface area (Å²) in [5.74, 6) is -1.96. The molecular formula is C15H20FNO5S. The molecule has 0 aliphatic rings. The van der Waals surface area contributed by atoms with Crippen molar-refractivity contribution < 1.29 is 27.1 Å². The molecule has 0 aliphatic heterocycles. The van der Waals surface area contributed by atoms with Crippen molar-refractivity contribution in [3.63, 3.8) is 0 Å². The molecule has 0 aliphatic carbocycles. The van der Waals surface area contributed by atoms with Crippen LogP contribution in [-0.2, 0) is 24.2 Å². The second-order valence-electron chi connectivity index (χ2n) is 5.38. The lowest BCUT2D eigenvalue weighted by Crippen LogP contribution is -2.31. The van der Waals surface area contributed by atoms with Gasteiger partial charge in [0, 0.05) is 6.54 Å². The SMILES string of the molecule is CC(C)CNC(=O)COC(=O)CCS(=O)(=O)c1ccc(F)cc1. The molecule has 0 atom stereocenters. The highest BCUT2D eigenvalue weighted by Crippen LogP contribution is 2.13. The number of sulfone groups is 1. The number of halogens is 1. The minimum atomic E-state index is -3.70. The third-order valence-corrected chi connectivity index (χ3v) is 4.55. The lowest BCUT2D eigenvalue weighted by Gasteiger charge is -2.08. The summed E-state index contributed by atoms with van der Waals surface area (Å²) in [7, 11) is -3.70. The van der Waals surface area contributed by atoms with Gasteiger partial charge in [-0.1, -0.05) is 13.8 Å². The number of nitrogens with one attached hydrogen (secondary N) is 1. The number of ether oxygens (including phenoxy) is 1. The van der Waals surface area contributed by atoms with Crippen LogP contribution in [0.15, 0.2) is 29.2 Å². The molecule has 6 nitrogen and oxygen atoms in total. The Kier molecular flexibility index (Phi) is 7.15. The molecule has 0 saturated carbocycles. The zero-order valence-corrected chi connectivity index (χ0v) is 13.9. The van der Waals surface area contributed by atoms with Gasteiger partial charge in [-0.2, -0.15) is 0 Å². The normalized spacial score (nSPS) is 11.3. The molecule has 8 heteroatoms. The van der Waals surface area contributed by atoms with Crippen LogP contribution in [0.2, 0.25) is 0 Å². The number of benzene rings is 1. The number of amides is 1. The predicted octanol–water partition coefficient (Wildman–Crippen LogP) is 1.30. The van der Waals surface area contributed by atoms with Crippen molar-refractivity contribution in [2.45, 2.75) is 25.2 Å². The summed E-state index contributed by atoms with van der Waals surface area (Å²) in [4.78, 5) is 22.8. The molecule has 0 radical (unpaired) electrons. The first-order valence-electron chi connectivity index (χ1n) is 7.11. The first-order valence-corrected chi connectivity index (χ1v) is 8.76. The highest BCUT2D eigenvalue weighted by Gasteiger charge is 2.17. The van der Waals surface area contributed by atoms with Gasteiger partial charge in [0.15, 0.2) is 16.4 Å². The van der Waals surface area contributed by atoms with E-state index in [9.17, 15) is 22.4 Å². The Hall–Kier alpha value is -1.96. The van der Waals surface area contributed by atoms with Crippen LogP contribution >= 0.6 is 0 Å². The van der Waals surface area contributed by atoms with E-state index in [2.05, 4.69) is 5.32 Å². The van der Waals surface area contributed by atoms with E-state index in [1.807, 2.05) is 13.8 Å². The summed E-state index contributed by atoms with van der Waals surface area (Å²) in [6.45, 7) is 3.87. The third kappa shape index (κ3) is 7.23. The van der Waals surface area contributed by atoms with E-state index < -0.39 is 39.9 Å². The maximum absolute atomic E-state index is 12.8. The molecule has 0 bridgehead atoms. The molecule has 0 saturated heterocycles. The van der Waals surface area contributed by atoms with Crippen molar-refractivity contribution in [2.24, 2.45) is 5.92 Å². The van der Waals surface area contributed by atoms with Crippen LogP contribution < -0.4 is 5.32 Å². The average Bonchev–Trinajstić information content (AvgIpc) is 2.49. The van der Waals surface area contributed by atoms with E-state index in [0.717, 1.165) is 24.3 Å². The number of carbonyl (C=O) groups is 2. The zero-order chi connectivity index (χ0) is 17.5.